The first-order valence-electron chi connectivity index (χ1n) is 10.1. The molecule has 1 aliphatic heterocycles. The topological polar surface area (TPSA) is 62.0 Å². The van der Waals surface area contributed by atoms with Gasteiger partial charge in [-0.15, -0.1) is 0 Å². The number of benzene rings is 1. The number of hydrogen-bond acceptors (Lipinski definition) is 4. The van der Waals surface area contributed by atoms with Crippen molar-refractivity contribution < 1.29 is 9.15 Å². The molecule has 0 bridgehead atoms. The predicted octanol–water partition coefficient (Wildman–Crippen LogP) is 3.22. The van der Waals surface area contributed by atoms with Gasteiger partial charge < -0.3 is 19.8 Å². The second kappa shape index (κ2) is 10.8. The average molecular weight is 385 g/mol. The lowest BCUT2D eigenvalue weighted by Crippen LogP contribution is -2.44. The highest BCUT2D eigenvalue weighted by atomic mass is 16.5. The second-order valence-corrected chi connectivity index (χ2v) is 7.11. The molecule has 152 valence electrons. The molecule has 1 saturated heterocycles. The zero-order valence-electron chi connectivity index (χ0n) is 17.0. The van der Waals surface area contributed by atoms with Crippen molar-refractivity contribution in [3.05, 3.63) is 54.0 Å². The molecule has 1 atom stereocenters. The van der Waals surface area contributed by atoms with Crippen molar-refractivity contribution >= 4 is 5.96 Å². The minimum absolute atomic E-state index is 0.232. The normalized spacial score (nSPS) is 16.6. The first-order valence-corrected chi connectivity index (χ1v) is 10.1. The molecule has 3 rings (SSSR count). The van der Waals surface area contributed by atoms with Gasteiger partial charge in [0.25, 0.3) is 0 Å². The number of furan rings is 1. The third-order valence-electron chi connectivity index (χ3n) is 5.25. The maximum Gasteiger partial charge on any atom is 0.191 e. The van der Waals surface area contributed by atoms with E-state index in [1.807, 2.05) is 25.2 Å². The van der Waals surface area contributed by atoms with Crippen LogP contribution in [0.1, 0.15) is 36.6 Å². The van der Waals surface area contributed by atoms with Crippen LogP contribution in [0.25, 0.3) is 0 Å². The summed E-state index contributed by atoms with van der Waals surface area (Å²) in [4.78, 5) is 6.88. The smallest absolute Gasteiger partial charge is 0.191 e. The fraction of sp³-hybridized carbons (Fsp3) is 0.500. The first-order chi connectivity index (χ1) is 13.8. The van der Waals surface area contributed by atoms with Crippen LogP contribution in [0.15, 0.2) is 52.1 Å². The molecule has 1 fully saturated rings. The van der Waals surface area contributed by atoms with E-state index in [4.69, 9.17) is 9.15 Å². The van der Waals surface area contributed by atoms with Gasteiger partial charge in [-0.3, -0.25) is 9.89 Å². The summed E-state index contributed by atoms with van der Waals surface area (Å²) in [5.41, 5.74) is 1.27. The van der Waals surface area contributed by atoms with E-state index in [0.717, 1.165) is 50.1 Å². The van der Waals surface area contributed by atoms with Crippen molar-refractivity contribution in [1.29, 1.82) is 0 Å². The molecule has 0 spiro atoms. The van der Waals surface area contributed by atoms with Gasteiger partial charge in [0.2, 0.25) is 0 Å². The number of piperidine rings is 1. The lowest BCUT2D eigenvalue weighted by Gasteiger charge is -2.33. The average Bonchev–Trinajstić information content (AvgIpc) is 3.28. The molecule has 2 heterocycles. The van der Waals surface area contributed by atoms with E-state index in [-0.39, 0.29) is 6.04 Å². The summed E-state index contributed by atoms with van der Waals surface area (Å²) in [5, 5.41) is 6.89. The molecule has 1 aromatic heterocycles. The van der Waals surface area contributed by atoms with Gasteiger partial charge in [0.05, 0.1) is 19.4 Å². The van der Waals surface area contributed by atoms with Crippen LogP contribution in [-0.2, 0) is 6.42 Å². The summed E-state index contributed by atoms with van der Waals surface area (Å²) < 4.78 is 10.9. The van der Waals surface area contributed by atoms with Crippen LogP contribution in [-0.4, -0.2) is 51.2 Å². The molecule has 2 N–H and O–H groups in total. The summed E-state index contributed by atoms with van der Waals surface area (Å²) >= 11 is 0. The van der Waals surface area contributed by atoms with Crippen LogP contribution in [0.3, 0.4) is 0 Å². The number of nitrogens with zero attached hydrogens (tertiary/aromatic N) is 2. The molecule has 0 saturated carbocycles. The largest absolute Gasteiger partial charge is 0.497 e. The number of hydrogen-bond donors (Lipinski definition) is 2. The van der Waals surface area contributed by atoms with E-state index < -0.39 is 0 Å². The van der Waals surface area contributed by atoms with Crippen LogP contribution in [0.4, 0.5) is 0 Å². The monoisotopic (exact) mass is 384 g/mol. The van der Waals surface area contributed by atoms with E-state index in [0.29, 0.717) is 0 Å². The van der Waals surface area contributed by atoms with Crippen molar-refractivity contribution in [2.45, 2.75) is 31.7 Å². The first kappa shape index (κ1) is 20.3. The number of nitrogens with one attached hydrogen (secondary N) is 2. The van der Waals surface area contributed by atoms with Gasteiger partial charge in [-0.1, -0.05) is 18.6 Å². The van der Waals surface area contributed by atoms with E-state index in [2.05, 4.69) is 38.7 Å². The van der Waals surface area contributed by atoms with E-state index >= 15 is 0 Å². The summed E-state index contributed by atoms with van der Waals surface area (Å²) in [6.07, 6.45) is 6.52. The fourth-order valence-corrected chi connectivity index (χ4v) is 3.65. The van der Waals surface area contributed by atoms with Crippen LogP contribution >= 0.6 is 0 Å². The summed E-state index contributed by atoms with van der Waals surface area (Å²) in [7, 11) is 3.50. The summed E-state index contributed by atoms with van der Waals surface area (Å²) in [6, 6.07) is 12.5. The summed E-state index contributed by atoms with van der Waals surface area (Å²) in [6.45, 7) is 3.84. The van der Waals surface area contributed by atoms with Crippen molar-refractivity contribution in [3.63, 3.8) is 0 Å². The van der Waals surface area contributed by atoms with Gasteiger partial charge >= 0.3 is 0 Å². The zero-order chi connectivity index (χ0) is 19.6. The zero-order valence-corrected chi connectivity index (χ0v) is 17.0. The minimum Gasteiger partial charge on any atom is -0.497 e. The van der Waals surface area contributed by atoms with Crippen molar-refractivity contribution in [2.75, 3.05) is 40.3 Å². The Balaban J connectivity index is 1.49. The molecule has 0 radical (unpaired) electrons. The molecule has 6 nitrogen and oxygen atoms in total. The van der Waals surface area contributed by atoms with Gasteiger partial charge in [-0.2, -0.15) is 0 Å². The number of guanidine groups is 1. The molecule has 6 heteroatoms. The minimum atomic E-state index is 0.232. The molecule has 0 amide bonds. The van der Waals surface area contributed by atoms with Crippen LogP contribution in [0.5, 0.6) is 5.75 Å². The Kier molecular flexibility index (Phi) is 7.79. The van der Waals surface area contributed by atoms with Crippen LogP contribution in [0.2, 0.25) is 0 Å². The molecule has 1 aromatic carbocycles. The van der Waals surface area contributed by atoms with Gasteiger partial charge in [-0.05, 0) is 62.2 Å². The van der Waals surface area contributed by atoms with Crippen molar-refractivity contribution in [2.24, 2.45) is 4.99 Å². The highest BCUT2D eigenvalue weighted by Crippen LogP contribution is 2.24. The summed E-state index contributed by atoms with van der Waals surface area (Å²) in [5.74, 6) is 2.72. The van der Waals surface area contributed by atoms with Crippen LogP contribution in [0, 0.1) is 0 Å². The second-order valence-electron chi connectivity index (χ2n) is 7.11. The van der Waals surface area contributed by atoms with Gasteiger partial charge in [-0.25, -0.2) is 0 Å². The van der Waals surface area contributed by atoms with E-state index in [9.17, 15) is 0 Å². The number of methoxy groups -OCH3 is 1. The predicted molar refractivity (Wildman–Crippen MR) is 113 cm³/mol. The fourth-order valence-electron chi connectivity index (χ4n) is 3.65. The molecule has 1 unspecified atom stereocenters. The van der Waals surface area contributed by atoms with Crippen LogP contribution < -0.4 is 15.4 Å². The molecular formula is C22H32N4O2. The highest BCUT2D eigenvalue weighted by Gasteiger charge is 2.24. The Hall–Kier alpha value is -2.47. The van der Waals surface area contributed by atoms with Gasteiger partial charge in [0.15, 0.2) is 5.96 Å². The lowest BCUT2D eigenvalue weighted by molar-refractivity contribution is 0.146. The maximum absolute atomic E-state index is 5.72. The third kappa shape index (κ3) is 5.76. The van der Waals surface area contributed by atoms with E-state index in [1.165, 1.54) is 24.8 Å². The Bertz CT molecular complexity index is 707. The van der Waals surface area contributed by atoms with Gasteiger partial charge in [0, 0.05) is 20.1 Å². The number of likely N-dealkylation sites (tertiary alicyclic amines) is 1. The van der Waals surface area contributed by atoms with Crippen molar-refractivity contribution in [3.8, 4) is 5.75 Å². The van der Waals surface area contributed by atoms with Gasteiger partial charge in [0.1, 0.15) is 11.5 Å². The number of rotatable bonds is 8. The number of aliphatic imine (C=N–C) groups is 1. The SMILES string of the molecule is CN=C(NCCc1ccc(OC)cc1)NCC(c1ccco1)N1CCCCC1. The highest BCUT2D eigenvalue weighted by molar-refractivity contribution is 5.79. The quantitative estimate of drug-likeness (QED) is 0.540. The Morgan fingerprint density at radius 2 is 1.93 bits per heavy atom. The Morgan fingerprint density at radius 1 is 1.14 bits per heavy atom. The van der Waals surface area contributed by atoms with E-state index in [1.54, 1.807) is 13.4 Å². The lowest BCUT2D eigenvalue weighted by atomic mass is 10.1. The molecule has 0 aliphatic carbocycles. The molecule has 2 aromatic rings. The van der Waals surface area contributed by atoms with Crippen molar-refractivity contribution in [1.82, 2.24) is 15.5 Å². The standard InChI is InChI=1S/C22H32N4O2/c1-23-22(24-13-12-18-8-10-19(27-2)11-9-18)25-17-20(21-7-6-16-28-21)26-14-4-3-5-15-26/h6-11,16,20H,3-5,12-15,17H2,1-2H3,(H2,23,24,25). The molecular weight excluding hydrogens is 352 g/mol. The molecule has 28 heavy (non-hydrogen) atoms. The maximum atomic E-state index is 5.72. The third-order valence-corrected chi connectivity index (χ3v) is 5.25. The molecule has 1 aliphatic rings. The number of ether oxygens (including phenoxy) is 1. The Labute approximate surface area is 168 Å². The Morgan fingerprint density at radius 3 is 2.57 bits per heavy atom.